The maximum Gasteiger partial charge on any atom is 0.339 e. The van der Waals surface area contributed by atoms with Crippen LogP contribution in [0.2, 0.25) is 0 Å². The molecule has 3 rings (SSSR count). The molecule has 0 aliphatic carbocycles. The van der Waals surface area contributed by atoms with Gasteiger partial charge in [0.05, 0.1) is 17.6 Å². The lowest BCUT2D eigenvalue weighted by atomic mass is 9.95. The van der Waals surface area contributed by atoms with Crippen LogP contribution in [0, 0.1) is 5.82 Å². The third kappa shape index (κ3) is 3.28. The Morgan fingerprint density at radius 2 is 2.00 bits per heavy atom. The highest BCUT2D eigenvalue weighted by Crippen LogP contribution is 2.35. The summed E-state index contributed by atoms with van der Waals surface area (Å²) in [4.78, 5) is 11.8. The number of carbonyl (C=O) groups excluding carboxylic acids is 1. The molecule has 0 bridgehead atoms. The largest absolute Gasteiger partial charge is 0.465 e. The average molecular weight is 442 g/mol. The van der Waals surface area contributed by atoms with Gasteiger partial charge in [-0.15, -0.1) is 0 Å². The highest BCUT2D eigenvalue weighted by molar-refractivity contribution is 9.10. The highest BCUT2D eigenvalue weighted by Gasteiger charge is 2.34. The Balaban J connectivity index is 2.03. The van der Waals surface area contributed by atoms with Crippen molar-refractivity contribution in [3.05, 3.63) is 63.4 Å². The first-order valence-electron chi connectivity index (χ1n) is 7.93. The number of ether oxygens (including phenoxy) is 1. The number of rotatable bonds is 3. The molecular formula is C18H17BrFNO4S. The third-order valence-corrected chi connectivity index (χ3v) is 7.20. The van der Waals surface area contributed by atoms with Crippen molar-refractivity contribution < 1.29 is 22.3 Å². The molecule has 26 heavy (non-hydrogen) atoms. The van der Waals surface area contributed by atoms with E-state index in [1.165, 1.54) is 41.7 Å². The Morgan fingerprint density at radius 1 is 1.27 bits per heavy atom. The number of sulfonamides is 1. The minimum Gasteiger partial charge on any atom is -0.465 e. The smallest absolute Gasteiger partial charge is 0.339 e. The van der Waals surface area contributed by atoms with Crippen LogP contribution in [0.25, 0.3) is 0 Å². The molecule has 1 atom stereocenters. The molecule has 0 amide bonds. The number of hydrogen-bond donors (Lipinski definition) is 0. The molecule has 0 spiro atoms. The van der Waals surface area contributed by atoms with Crippen molar-refractivity contribution in [3.8, 4) is 0 Å². The molecule has 8 heteroatoms. The van der Waals surface area contributed by atoms with E-state index in [4.69, 9.17) is 4.74 Å². The Morgan fingerprint density at radius 3 is 2.69 bits per heavy atom. The van der Waals surface area contributed by atoms with Crippen LogP contribution in [0.1, 0.15) is 34.5 Å². The first kappa shape index (κ1) is 19.0. The Labute approximate surface area is 160 Å². The Bertz CT molecular complexity index is 977. The van der Waals surface area contributed by atoms with Crippen LogP contribution in [0.4, 0.5) is 4.39 Å². The molecule has 0 saturated heterocycles. The molecule has 2 aromatic carbocycles. The number of fused-ring (bicyclic) bond motifs is 1. The lowest BCUT2D eigenvalue weighted by Gasteiger charge is -2.34. The van der Waals surface area contributed by atoms with Gasteiger partial charge < -0.3 is 4.74 Å². The predicted molar refractivity (Wildman–Crippen MR) is 97.9 cm³/mol. The van der Waals surface area contributed by atoms with Gasteiger partial charge in [0.25, 0.3) is 0 Å². The summed E-state index contributed by atoms with van der Waals surface area (Å²) in [7, 11) is -2.64. The molecule has 138 valence electrons. The number of hydrogen-bond acceptors (Lipinski definition) is 4. The molecule has 5 nitrogen and oxygen atoms in total. The van der Waals surface area contributed by atoms with Gasteiger partial charge in [0, 0.05) is 17.1 Å². The fourth-order valence-electron chi connectivity index (χ4n) is 3.16. The molecule has 1 aliphatic rings. The van der Waals surface area contributed by atoms with Crippen molar-refractivity contribution in [2.45, 2.75) is 24.3 Å². The molecule has 1 aliphatic heterocycles. The lowest BCUT2D eigenvalue weighted by molar-refractivity contribution is 0.0599. The Kier molecular flexibility index (Phi) is 5.18. The molecule has 0 aromatic heterocycles. The van der Waals surface area contributed by atoms with Crippen molar-refractivity contribution in [1.82, 2.24) is 4.31 Å². The maximum absolute atomic E-state index is 13.6. The molecule has 1 heterocycles. The monoisotopic (exact) mass is 441 g/mol. The molecule has 0 N–H and O–H groups in total. The third-order valence-electron chi connectivity index (χ3n) is 4.54. The number of carbonyl (C=O) groups is 1. The van der Waals surface area contributed by atoms with Gasteiger partial charge in [-0.1, -0.05) is 6.07 Å². The number of nitrogens with zero attached hydrogens (tertiary/aromatic N) is 1. The van der Waals surface area contributed by atoms with Gasteiger partial charge in [0.1, 0.15) is 5.82 Å². The molecular weight excluding hydrogens is 425 g/mol. The minimum atomic E-state index is -3.87. The number of halogens is 2. The van der Waals surface area contributed by atoms with Crippen molar-refractivity contribution in [2.24, 2.45) is 0 Å². The van der Waals surface area contributed by atoms with Gasteiger partial charge in [-0.2, -0.15) is 4.31 Å². The molecule has 0 radical (unpaired) electrons. The second kappa shape index (κ2) is 7.09. The number of benzene rings is 2. The first-order valence-corrected chi connectivity index (χ1v) is 10.2. The first-order chi connectivity index (χ1) is 12.3. The van der Waals surface area contributed by atoms with E-state index < -0.39 is 27.9 Å². The van der Waals surface area contributed by atoms with E-state index in [-0.39, 0.29) is 17.0 Å². The van der Waals surface area contributed by atoms with E-state index in [9.17, 15) is 17.6 Å². The van der Waals surface area contributed by atoms with Crippen LogP contribution < -0.4 is 0 Å². The second-order valence-corrected chi connectivity index (χ2v) is 8.76. The standard InChI is InChI=1S/C18H17BrFNO4S/c1-11-15-9-13(20)4-3-12(15)7-8-21(11)26(23,24)14-5-6-17(19)16(10-14)18(22)25-2/h3-6,9-11H,7-8H2,1-2H3. The van der Waals surface area contributed by atoms with E-state index in [0.29, 0.717) is 16.5 Å². The fourth-order valence-corrected chi connectivity index (χ4v) is 5.20. The van der Waals surface area contributed by atoms with Crippen molar-refractivity contribution in [1.29, 1.82) is 0 Å². The summed E-state index contributed by atoms with van der Waals surface area (Å²) in [6.07, 6.45) is 0.500. The van der Waals surface area contributed by atoms with Crippen molar-refractivity contribution >= 4 is 31.9 Å². The second-order valence-electron chi connectivity index (χ2n) is 6.02. The van der Waals surface area contributed by atoms with Gasteiger partial charge in [0.15, 0.2) is 0 Å². The molecule has 0 fully saturated rings. The molecule has 0 saturated carbocycles. The zero-order chi connectivity index (χ0) is 19.1. The van der Waals surface area contributed by atoms with E-state index >= 15 is 0 Å². The normalized spacial score (nSPS) is 17.6. The lowest BCUT2D eigenvalue weighted by Crippen LogP contribution is -2.39. The molecule has 2 aromatic rings. The minimum absolute atomic E-state index is 0.00666. The van der Waals surface area contributed by atoms with Gasteiger partial charge >= 0.3 is 5.97 Å². The van der Waals surface area contributed by atoms with E-state index in [2.05, 4.69) is 15.9 Å². The summed E-state index contributed by atoms with van der Waals surface area (Å²) in [6, 6.07) is 8.17. The zero-order valence-corrected chi connectivity index (χ0v) is 16.6. The predicted octanol–water partition coefficient (Wildman–Crippen LogP) is 3.68. The van der Waals surface area contributed by atoms with E-state index in [1.54, 1.807) is 13.0 Å². The van der Waals surface area contributed by atoms with Crippen LogP contribution in [0.5, 0.6) is 0 Å². The summed E-state index contributed by atoms with van der Waals surface area (Å²) in [5.74, 6) is -1.03. The maximum atomic E-state index is 13.6. The van der Waals surface area contributed by atoms with Gasteiger partial charge in [-0.05, 0) is 70.7 Å². The summed E-state index contributed by atoms with van der Waals surface area (Å²) in [5, 5.41) is 0. The van der Waals surface area contributed by atoms with Crippen LogP contribution in [0.15, 0.2) is 45.8 Å². The number of methoxy groups -OCH3 is 1. The van der Waals surface area contributed by atoms with E-state index in [0.717, 1.165) is 5.56 Å². The van der Waals surface area contributed by atoms with E-state index in [1.807, 2.05) is 0 Å². The van der Waals surface area contributed by atoms with Crippen molar-refractivity contribution in [2.75, 3.05) is 13.7 Å². The number of esters is 1. The summed E-state index contributed by atoms with van der Waals surface area (Å²) >= 11 is 3.22. The average Bonchev–Trinajstić information content (AvgIpc) is 2.61. The van der Waals surface area contributed by atoms with Crippen LogP contribution >= 0.6 is 15.9 Å². The highest BCUT2D eigenvalue weighted by atomic mass is 79.9. The van der Waals surface area contributed by atoms with Crippen LogP contribution in [0.3, 0.4) is 0 Å². The van der Waals surface area contributed by atoms with Crippen LogP contribution in [-0.2, 0) is 21.2 Å². The Hall–Kier alpha value is -1.77. The van der Waals surface area contributed by atoms with Gasteiger partial charge in [-0.3, -0.25) is 0 Å². The van der Waals surface area contributed by atoms with Gasteiger partial charge in [-0.25, -0.2) is 17.6 Å². The summed E-state index contributed by atoms with van der Waals surface area (Å²) in [6.45, 7) is 2.01. The summed E-state index contributed by atoms with van der Waals surface area (Å²) in [5.41, 5.74) is 1.73. The van der Waals surface area contributed by atoms with Crippen molar-refractivity contribution in [3.63, 3.8) is 0 Å². The zero-order valence-electron chi connectivity index (χ0n) is 14.2. The quantitative estimate of drug-likeness (QED) is 0.681. The molecule has 1 unspecified atom stereocenters. The van der Waals surface area contributed by atoms with Gasteiger partial charge in [0.2, 0.25) is 10.0 Å². The fraction of sp³-hybridized carbons (Fsp3) is 0.278. The summed E-state index contributed by atoms with van der Waals surface area (Å²) < 4.78 is 46.3. The van der Waals surface area contributed by atoms with Crippen LogP contribution in [-0.4, -0.2) is 32.3 Å². The topological polar surface area (TPSA) is 63.7 Å². The SMILES string of the molecule is COC(=O)c1cc(S(=O)(=O)N2CCc3ccc(F)cc3C2C)ccc1Br.